The van der Waals surface area contributed by atoms with Gasteiger partial charge in [-0.3, -0.25) is 19.6 Å². The van der Waals surface area contributed by atoms with Gasteiger partial charge in [0.05, 0.1) is 23.4 Å². The summed E-state index contributed by atoms with van der Waals surface area (Å²) in [6.07, 6.45) is 14.0. The molecular weight excluding hydrogens is 765 g/mol. The van der Waals surface area contributed by atoms with Gasteiger partial charge in [0.15, 0.2) is 24.5 Å². The molecular formula is C34H34Br2Cl2F2N4O2. The molecule has 12 heteroatoms. The minimum atomic E-state index is -0.496. The highest BCUT2D eigenvalue weighted by Crippen LogP contribution is 2.24. The predicted octanol–water partition coefficient (Wildman–Crippen LogP) is 1.15. The number of unbranched alkanes of at least 4 members (excludes halogenated alkanes) is 1. The smallest absolute Gasteiger partial charge is 0.177 e. The number of carbonyl (C=O) groups is 2. The van der Waals surface area contributed by atoms with E-state index < -0.39 is 5.82 Å². The van der Waals surface area contributed by atoms with Crippen molar-refractivity contribution in [3.8, 4) is 0 Å². The Morgan fingerprint density at radius 1 is 0.957 bits per heavy atom. The van der Waals surface area contributed by atoms with E-state index in [-0.39, 0.29) is 42.0 Å². The van der Waals surface area contributed by atoms with Crippen molar-refractivity contribution in [2.45, 2.75) is 32.1 Å². The zero-order valence-electron chi connectivity index (χ0n) is 24.9. The predicted molar refractivity (Wildman–Crippen MR) is 175 cm³/mol. The molecule has 1 aliphatic heterocycles. The number of hydrogen-bond donors (Lipinski definition) is 1. The Labute approximate surface area is 297 Å². The van der Waals surface area contributed by atoms with Gasteiger partial charge >= 0.3 is 0 Å². The van der Waals surface area contributed by atoms with E-state index in [1.165, 1.54) is 18.2 Å². The van der Waals surface area contributed by atoms with E-state index in [0.29, 0.717) is 22.7 Å². The van der Waals surface area contributed by atoms with E-state index in [9.17, 15) is 18.4 Å². The van der Waals surface area contributed by atoms with Gasteiger partial charge in [0, 0.05) is 51.5 Å². The highest BCUT2D eigenvalue weighted by molar-refractivity contribution is 9.10. The van der Waals surface area contributed by atoms with Crippen molar-refractivity contribution in [3.63, 3.8) is 0 Å². The topological polar surface area (TPSA) is 101 Å². The number of allylic oxidation sites excluding steroid dienone is 1. The maximum absolute atomic E-state index is 14.0. The summed E-state index contributed by atoms with van der Waals surface area (Å²) in [5.74, 6) is -0.511. The normalized spacial score (nSPS) is 12.5. The summed E-state index contributed by atoms with van der Waals surface area (Å²) in [5, 5.41) is 0. The molecule has 0 fully saturated rings. The molecule has 46 heavy (non-hydrogen) atoms. The molecule has 0 unspecified atom stereocenters. The van der Waals surface area contributed by atoms with Crippen molar-refractivity contribution < 1.29 is 53.9 Å². The molecule has 0 saturated carbocycles. The van der Waals surface area contributed by atoms with Crippen molar-refractivity contribution in [3.05, 3.63) is 134 Å². The summed E-state index contributed by atoms with van der Waals surface area (Å²) in [6.45, 7) is 1.72. The van der Waals surface area contributed by atoms with Crippen molar-refractivity contribution in [2.75, 3.05) is 13.1 Å². The first-order valence-corrected chi connectivity index (χ1v) is 15.7. The number of hydrogen-bond acceptors (Lipinski definition) is 4. The van der Waals surface area contributed by atoms with Crippen LogP contribution in [0.15, 0.2) is 105 Å². The number of H-pyrrole nitrogens is 1. The molecule has 0 amide bonds. The van der Waals surface area contributed by atoms with Crippen LogP contribution in [0.2, 0.25) is 0 Å². The van der Waals surface area contributed by atoms with E-state index in [2.05, 4.69) is 52.6 Å². The van der Waals surface area contributed by atoms with Crippen LogP contribution >= 0.6 is 31.9 Å². The number of ketones is 1. The number of aromatic nitrogens is 2. The number of carbonyl (C=O) groups excluding carboxylic acids is 2. The fraction of sp³-hybridized carbons (Fsp3) is 0.206. The van der Waals surface area contributed by atoms with E-state index in [1.54, 1.807) is 36.9 Å². The number of nitrogens with one attached hydrogen (secondary N) is 1. The van der Waals surface area contributed by atoms with Crippen LogP contribution in [0, 0.1) is 11.6 Å². The quantitative estimate of drug-likeness (QED) is 0.165. The summed E-state index contributed by atoms with van der Waals surface area (Å²) < 4.78 is 28.0. The highest BCUT2D eigenvalue weighted by Gasteiger charge is 2.15. The first kappa shape index (κ1) is 40.9. The molecule has 1 aliphatic rings. The van der Waals surface area contributed by atoms with Crippen molar-refractivity contribution >= 4 is 55.7 Å². The van der Waals surface area contributed by atoms with E-state index in [0.717, 1.165) is 65.7 Å². The van der Waals surface area contributed by atoms with Crippen LogP contribution in [0.1, 0.15) is 63.9 Å². The average Bonchev–Trinajstić information content (AvgIpc) is 3.04. The second kappa shape index (κ2) is 22.4. The monoisotopic (exact) mass is 796 g/mol. The maximum atomic E-state index is 14.0. The van der Waals surface area contributed by atoms with Gasteiger partial charge in [-0.15, -0.1) is 0 Å². The molecule has 2 aromatic carbocycles. The van der Waals surface area contributed by atoms with Gasteiger partial charge in [-0.05, 0) is 85.9 Å². The van der Waals surface area contributed by atoms with Gasteiger partial charge in [-0.2, -0.15) is 0 Å². The number of pyridine rings is 2. The molecule has 0 radical (unpaired) electrons. The average molecular weight is 799 g/mol. The molecule has 0 aliphatic carbocycles. The second-order valence-corrected chi connectivity index (χ2v) is 11.6. The van der Waals surface area contributed by atoms with Gasteiger partial charge in [0.1, 0.15) is 11.6 Å². The zero-order valence-corrected chi connectivity index (χ0v) is 29.6. The Balaban J connectivity index is 0.000000366. The Morgan fingerprint density at radius 2 is 1.65 bits per heavy atom. The molecule has 3 heterocycles. The van der Waals surface area contributed by atoms with Crippen molar-refractivity contribution in [2.24, 2.45) is 4.99 Å². The number of aromatic amines is 1. The van der Waals surface area contributed by atoms with Crippen LogP contribution in [0.4, 0.5) is 8.78 Å². The lowest BCUT2D eigenvalue weighted by Crippen LogP contribution is -3.00. The number of halogens is 6. The van der Waals surface area contributed by atoms with Crippen molar-refractivity contribution in [1.29, 1.82) is 0 Å². The van der Waals surface area contributed by atoms with Crippen molar-refractivity contribution in [1.82, 2.24) is 4.98 Å². The third kappa shape index (κ3) is 13.7. The zero-order chi connectivity index (χ0) is 31.7. The van der Waals surface area contributed by atoms with Gasteiger partial charge in [-0.25, -0.2) is 13.8 Å². The molecule has 4 N–H and O–H groups in total. The lowest BCUT2D eigenvalue weighted by molar-refractivity contribution is -0.378. The Bertz CT molecular complexity index is 1600. The molecule has 6 nitrogen and oxygen atoms in total. The number of quaternary nitrogens is 1. The van der Waals surface area contributed by atoms with Crippen LogP contribution in [0.3, 0.4) is 0 Å². The number of aldehydes is 1. The van der Waals surface area contributed by atoms with Crippen LogP contribution in [-0.4, -0.2) is 35.9 Å². The lowest BCUT2D eigenvalue weighted by Gasteiger charge is -2.16. The lowest BCUT2D eigenvalue weighted by atomic mass is 9.95. The summed E-state index contributed by atoms with van der Waals surface area (Å²) in [7, 11) is 0. The summed E-state index contributed by atoms with van der Waals surface area (Å²) in [6, 6.07) is 17.0. The summed E-state index contributed by atoms with van der Waals surface area (Å²) in [5.41, 5.74) is 8.16. The Morgan fingerprint density at radius 3 is 2.22 bits per heavy atom. The summed E-state index contributed by atoms with van der Waals surface area (Å²) in [4.78, 5) is 33.2. The van der Waals surface area contributed by atoms with E-state index in [4.69, 9.17) is 0 Å². The Kier molecular flexibility index (Phi) is 19.9. The van der Waals surface area contributed by atoms with Crippen LogP contribution in [0.25, 0.3) is 6.08 Å². The highest BCUT2D eigenvalue weighted by atomic mass is 79.9. The minimum Gasteiger partial charge on any atom is -1.00 e. The van der Waals surface area contributed by atoms with E-state index >= 15 is 0 Å². The molecule has 5 rings (SSSR count). The largest absolute Gasteiger partial charge is 1.00 e. The van der Waals surface area contributed by atoms with E-state index in [1.807, 2.05) is 36.4 Å². The standard InChI is InChI=1S/C17H14BrFN2.C10H14N2O.C7H4BrFO.2ClH/c18-15-6-5-12(16(19)10-15)9-13-3-2-8-21-17(13)14-4-1-7-20-11-14;11-6-2-1-5-10(13)9-4-3-7-12-8-9;8-6-2-1-5(4-10)7(9)3-6;;/h1,4-7,9-11H,2-3,8H2;3-4,7-8H,1-2,5-6,11H2;1-4H;2*1H/b13-9+;;;;. The number of nitrogens with zero attached hydrogens (tertiary/aromatic N) is 2. The molecule has 4 aromatic rings. The third-order valence-corrected chi connectivity index (χ3v) is 7.41. The molecule has 0 saturated heterocycles. The number of benzene rings is 2. The number of Topliss-reactive ketones (excluding diaryl/α,β-unsaturated/α-hetero) is 1. The molecule has 0 bridgehead atoms. The fourth-order valence-corrected chi connectivity index (χ4v) is 4.84. The van der Waals surface area contributed by atoms with Crippen LogP contribution in [0.5, 0.6) is 0 Å². The van der Waals surface area contributed by atoms with Gasteiger partial charge < -0.3 is 30.5 Å². The second-order valence-electron chi connectivity index (χ2n) is 9.72. The SMILES string of the molecule is Fc1cc(Br)ccc1/C=C1\CCCN=C1c1cccnc1.O=Cc1ccc(Br)cc1F.[Cl-].[Cl-].[NH3+]CCCCC(=O)c1ccc[nH+]c1. The first-order valence-electron chi connectivity index (χ1n) is 14.1. The van der Waals surface area contributed by atoms with Gasteiger partial charge in [-0.1, -0.05) is 37.9 Å². The molecule has 0 spiro atoms. The Hall–Kier alpha value is -3.15. The molecule has 2 aromatic heterocycles. The third-order valence-electron chi connectivity index (χ3n) is 6.43. The molecule has 244 valence electrons. The van der Waals surface area contributed by atoms with Gasteiger partial charge in [0.25, 0.3) is 0 Å². The number of rotatable bonds is 8. The van der Waals surface area contributed by atoms with Gasteiger partial charge in [0.2, 0.25) is 0 Å². The molecule has 0 atom stereocenters. The number of aliphatic imine (C=N–C) groups is 1. The maximum Gasteiger partial charge on any atom is 0.177 e. The van der Waals surface area contributed by atoms with Crippen LogP contribution < -0.4 is 35.5 Å². The fourth-order valence-electron chi connectivity index (χ4n) is 4.18. The first-order chi connectivity index (χ1) is 21.3. The summed E-state index contributed by atoms with van der Waals surface area (Å²) >= 11 is 6.35. The van der Waals surface area contributed by atoms with Crippen LogP contribution in [-0.2, 0) is 0 Å². The minimum absolute atomic E-state index is 0.